The highest BCUT2D eigenvalue weighted by atomic mass is 19.4. The van der Waals surface area contributed by atoms with Crippen molar-refractivity contribution < 1.29 is 13.2 Å². The average molecular weight is 277 g/mol. The van der Waals surface area contributed by atoms with Crippen LogP contribution in [0.3, 0.4) is 0 Å². The Morgan fingerprint density at radius 1 is 1.21 bits per heavy atom. The number of nitrogens with zero attached hydrogens (tertiary/aromatic N) is 2. The van der Waals surface area contributed by atoms with Crippen LogP contribution in [0.5, 0.6) is 0 Å². The van der Waals surface area contributed by atoms with E-state index in [1.165, 1.54) is 10.9 Å². The van der Waals surface area contributed by atoms with Crippen molar-refractivity contribution in [2.45, 2.75) is 58.3 Å². The van der Waals surface area contributed by atoms with Crippen LogP contribution in [0.4, 0.5) is 13.2 Å². The smallest absolute Gasteiger partial charge is 0.315 e. The molecule has 19 heavy (non-hydrogen) atoms. The molecule has 0 amide bonds. The van der Waals surface area contributed by atoms with E-state index >= 15 is 0 Å². The highest BCUT2D eigenvalue weighted by molar-refractivity contribution is 5.03. The molecule has 1 N–H and O–H groups in total. The van der Waals surface area contributed by atoms with Crippen LogP contribution >= 0.6 is 0 Å². The van der Waals surface area contributed by atoms with Gasteiger partial charge in [0.1, 0.15) is 0 Å². The quantitative estimate of drug-likeness (QED) is 0.737. The van der Waals surface area contributed by atoms with Crippen molar-refractivity contribution in [2.75, 3.05) is 6.54 Å². The molecule has 1 rings (SSSR count). The fourth-order valence-electron chi connectivity index (χ4n) is 1.78. The molecule has 0 saturated heterocycles. The molecule has 0 saturated carbocycles. The predicted molar refractivity (Wildman–Crippen MR) is 68.8 cm³/mol. The van der Waals surface area contributed by atoms with Crippen molar-refractivity contribution in [3.8, 4) is 0 Å². The van der Waals surface area contributed by atoms with Crippen LogP contribution in [0.2, 0.25) is 0 Å². The van der Waals surface area contributed by atoms with Crippen LogP contribution in [-0.2, 0) is 12.7 Å². The number of aryl methyl sites for hydroxylation is 1. The third-order valence-electron chi connectivity index (χ3n) is 2.80. The molecule has 6 heteroatoms. The van der Waals surface area contributed by atoms with E-state index in [2.05, 4.69) is 24.3 Å². The minimum atomic E-state index is -4.34. The number of nitrogens with one attached hydrogen (secondary N) is 1. The maximum Gasteiger partial charge on any atom is 0.435 e. The third-order valence-corrected chi connectivity index (χ3v) is 2.80. The molecule has 1 aromatic rings. The Kier molecular flexibility index (Phi) is 6.34. The van der Waals surface area contributed by atoms with E-state index in [9.17, 15) is 13.2 Å². The van der Waals surface area contributed by atoms with Crippen molar-refractivity contribution in [1.82, 2.24) is 15.1 Å². The largest absolute Gasteiger partial charge is 0.435 e. The third kappa shape index (κ3) is 6.61. The molecule has 0 aromatic carbocycles. The molecule has 0 spiro atoms. The van der Waals surface area contributed by atoms with Gasteiger partial charge in [-0.3, -0.25) is 4.68 Å². The number of halogens is 3. The zero-order valence-electron chi connectivity index (χ0n) is 11.5. The highest BCUT2D eigenvalue weighted by Crippen LogP contribution is 2.27. The fourth-order valence-corrected chi connectivity index (χ4v) is 1.78. The van der Waals surface area contributed by atoms with E-state index in [0.29, 0.717) is 12.6 Å². The summed E-state index contributed by atoms with van der Waals surface area (Å²) in [5.41, 5.74) is -0.811. The Balaban J connectivity index is 2.11. The normalized spacial score (nSPS) is 12.3. The molecule has 0 atom stereocenters. The van der Waals surface area contributed by atoms with Crippen molar-refractivity contribution in [2.24, 2.45) is 0 Å². The molecule has 110 valence electrons. The summed E-state index contributed by atoms with van der Waals surface area (Å²) < 4.78 is 38.3. The Labute approximate surface area is 112 Å². The van der Waals surface area contributed by atoms with Gasteiger partial charge in [0.2, 0.25) is 0 Å². The molecular formula is C13H22F3N3. The van der Waals surface area contributed by atoms with Gasteiger partial charge in [0.05, 0.1) is 0 Å². The van der Waals surface area contributed by atoms with Crippen LogP contribution in [0.1, 0.15) is 45.2 Å². The standard InChI is InChI=1S/C13H22F3N3/c1-11(2)17-8-5-3-4-6-9-19-10-7-12(18-19)13(14,15)16/h7,10-11,17H,3-6,8-9H2,1-2H3. The van der Waals surface area contributed by atoms with E-state index in [1.54, 1.807) is 0 Å². The van der Waals surface area contributed by atoms with Crippen LogP contribution in [0.15, 0.2) is 12.3 Å². The van der Waals surface area contributed by atoms with Gasteiger partial charge in [-0.2, -0.15) is 18.3 Å². The summed E-state index contributed by atoms with van der Waals surface area (Å²) in [6, 6.07) is 1.52. The van der Waals surface area contributed by atoms with Gasteiger partial charge in [-0.15, -0.1) is 0 Å². The number of alkyl halides is 3. The van der Waals surface area contributed by atoms with Gasteiger partial charge in [-0.25, -0.2) is 0 Å². The van der Waals surface area contributed by atoms with Crippen LogP contribution < -0.4 is 5.32 Å². The summed E-state index contributed by atoms with van der Waals surface area (Å²) in [6.07, 6.45) is 1.12. The summed E-state index contributed by atoms with van der Waals surface area (Å²) in [4.78, 5) is 0. The monoisotopic (exact) mass is 277 g/mol. The highest BCUT2D eigenvalue weighted by Gasteiger charge is 2.33. The van der Waals surface area contributed by atoms with E-state index in [0.717, 1.165) is 38.3 Å². The average Bonchev–Trinajstić information content (AvgIpc) is 2.75. The second-order valence-electron chi connectivity index (χ2n) is 4.98. The van der Waals surface area contributed by atoms with Crippen molar-refractivity contribution in [1.29, 1.82) is 0 Å². The fraction of sp³-hybridized carbons (Fsp3) is 0.769. The van der Waals surface area contributed by atoms with E-state index in [-0.39, 0.29) is 0 Å². The molecule has 3 nitrogen and oxygen atoms in total. The van der Waals surface area contributed by atoms with Gasteiger partial charge in [0, 0.05) is 18.8 Å². The SMILES string of the molecule is CC(C)NCCCCCCn1ccc(C(F)(F)F)n1. The summed E-state index contributed by atoms with van der Waals surface area (Å²) >= 11 is 0. The number of rotatable bonds is 8. The lowest BCUT2D eigenvalue weighted by atomic mass is 10.2. The molecule has 1 heterocycles. The molecule has 0 radical (unpaired) electrons. The summed E-state index contributed by atoms with van der Waals surface area (Å²) in [5, 5.41) is 6.85. The molecule has 0 aliphatic heterocycles. The van der Waals surface area contributed by atoms with Crippen LogP contribution in [-0.4, -0.2) is 22.4 Å². The van der Waals surface area contributed by atoms with Crippen molar-refractivity contribution in [3.63, 3.8) is 0 Å². The van der Waals surface area contributed by atoms with Crippen molar-refractivity contribution in [3.05, 3.63) is 18.0 Å². The first kappa shape index (κ1) is 16.0. The molecule has 0 aliphatic carbocycles. The van der Waals surface area contributed by atoms with Gasteiger partial charge in [0.25, 0.3) is 0 Å². The van der Waals surface area contributed by atoms with Crippen molar-refractivity contribution >= 4 is 0 Å². The number of aromatic nitrogens is 2. The van der Waals surface area contributed by atoms with Crippen LogP contribution in [0, 0.1) is 0 Å². The van der Waals surface area contributed by atoms with E-state index < -0.39 is 11.9 Å². The van der Waals surface area contributed by atoms with Gasteiger partial charge >= 0.3 is 6.18 Å². The molecule has 1 aromatic heterocycles. The first-order valence-electron chi connectivity index (χ1n) is 6.73. The maximum atomic E-state index is 12.3. The second-order valence-corrected chi connectivity index (χ2v) is 4.98. The molecule has 0 aliphatic rings. The Hall–Kier alpha value is -1.04. The first-order valence-corrected chi connectivity index (χ1v) is 6.73. The first-order chi connectivity index (χ1) is 8.89. The topological polar surface area (TPSA) is 29.9 Å². The number of hydrogen-bond donors (Lipinski definition) is 1. The minimum absolute atomic E-state index is 0.505. The lowest BCUT2D eigenvalue weighted by Gasteiger charge is -2.07. The Morgan fingerprint density at radius 3 is 2.47 bits per heavy atom. The summed E-state index contributed by atoms with van der Waals surface area (Å²) in [6.45, 7) is 5.76. The van der Waals surface area contributed by atoms with Crippen LogP contribution in [0.25, 0.3) is 0 Å². The van der Waals surface area contributed by atoms with E-state index in [4.69, 9.17) is 0 Å². The van der Waals surface area contributed by atoms with Gasteiger partial charge in [-0.1, -0.05) is 26.7 Å². The van der Waals surface area contributed by atoms with Gasteiger partial charge < -0.3 is 5.32 Å². The molecule has 0 bridgehead atoms. The zero-order chi connectivity index (χ0) is 14.3. The number of hydrogen-bond acceptors (Lipinski definition) is 2. The minimum Gasteiger partial charge on any atom is -0.315 e. The van der Waals surface area contributed by atoms with Gasteiger partial charge in [-0.05, 0) is 25.5 Å². The van der Waals surface area contributed by atoms with E-state index in [1.807, 2.05) is 0 Å². The molecular weight excluding hydrogens is 255 g/mol. The lowest BCUT2D eigenvalue weighted by molar-refractivity contribution is -0.141. The summed E-state index contributed by atoms with van der Waals surface area (Å²) in [5.74, 6) is 0. The Bertz CT molecular complexity index is 358. The summed E-state index contributed by atoms with van der Waals surface area (Å²) in [7, 11) is 0. The second kappa shape index (κ2) is 7.53. The molecule has 0 unspecified atom stereocenters. The maximum absolute atomic E-state index is 12.3. The Morgan fingerprint density at radius 2 is 1.89 bits per heavy atom. The zero-order valence-corrected chi connectivity index (χ0v) is 11.5. The predicted octanol–water partition coefficient (Wildman–Crippen LogP) is 3.46. The number of unbranched alkanes of at least 4 members (excludes halogenated alkanes) is 3. The molecule has 0 fully saturated rings. The lowest BCUT2D eigenvalue weighted by Crippen LogP contribution is -2.23. The van der Waals surface area contributed by atoms with Gasteiger partial charge in [0.15, 0.2) is 5.69 Å².